The van der Waals surface area contributed by atoms with E-state index in [0.29, 0.717) is 0 Å². The molecule has 0 bridgehead atoms. The number of fused-ring (bicyclic) bond motifs is 4. The Morgan fingerprint density at radius 1 is 1.07 bits per heavy atom. The topological polar surface area (TPSA) is 160 Å². The number of hydrogen-bond acceptors (Lipinski definition) is 10. The van der Waals surface area contributed by atoms with E-state index in [1.807, 2.05) is 0 Å². The molecule has 1 saturated carbocycles. The van der Waals surface area contributed by atoms with Gasteiger partial charge in [0, 0.05) is 18.1 Å². The van der Waals surface area contributed by atoms with Gasteiger partial charge in [-0.2, -0.15) is 0 Å². The van der Waals surface area contributed by atoms with Crippen LogP contribution in [0.3, 0.4) is 0 Å². The molecular formula is C17H16O10. The molecule has 1 saturated heterocycles. The maximum atomic E-state index is 13.1. The number of carbonyl (C=O) groups excluding carboxylic acids is 3. The fourth-order valence-electron chi connectivity index (χ4n) is 4.23. The van der Waals surface area contributed by atoms with Crippen molar-refractivity contribution in [1.82, 2.24) is 0 Å². The number of Topliss-reactive ketones (excluding diaryl/α,β-unsaturated/α-hetero) is 2. The molecule has 2 fully saturated rings. The number of rotatable bonds is 1. The van der Waals surface area contributed by atoms with E-state index >= 15 is 0 Å². The van der Waals surface area contributed by atoms with E-state index in [2.05, 4.69) is 0 Å². The van der Waals surface area contributed by atoms with Gasteiger partial charge in [0.1, 0.15) is 17.1 Å². The Labute approximate surface area is 151 Å². The van der Waals surface area contributed by atoms with Crippen molar-refractivity contribution in [3.63, 3.8) is 0 Å². The van der Waals surface area contributed by atoms with Crippen LogP contribution < -0.4 is 4.74 Å². The van der Waals surface area contributed by atoms with Gasteiger partial charge in [0.25, 0.3) is 0 Å². The average Bonchev–Trinajstić information content (AvgIpc) is 3.00. The summed E-state index contributed by atoms with van der Waals surface area (Å²) in [4.78, 5) is 37.8. The van der Waals surface area contributed by atoms with Crippen molar-refractivity contribution in [1.29, 1.82) is 0 Å². The summed E-state index contributed by atoms with van der Waals surface area (Å²) in [6.07, 6.45) is -5.44. The predicted molar refractivity (Wildman–Crippen MR) is 83.6 cm³/mol. The maximum Gasteiger partial charge on any atom is 0.509 e. The number of methoxy groups -OCH3 is 1. The molecule has 0 unspecified atom stereocenters. The van der Waals surface area contributed by atoms with Crippen LogP contribution in [0.1, 0.15) is 34.1 Å². The zero-order valence-electron chi connectivity index (χ0n) is 14.3. The summed E-state index contributed by atoms with van der Waals surface area (Å²) in [7, 11) is 1.27. The third kappa shape index (κ3) is 1.92. The molecule has 2 aliphatic carbocycles. The van der Waals surface area contributed by atoms with Crippen LogP contribution in [0.2, 0.25) is 0 Å². The molecule has 1 aliphatic heterocycles. The molecule has 4 rings (SSSR count). The van der Waals surface area contributed by atoms with Crippen molar-refractivity contribution in [2.75, 3.05) is 7.11 Å². The second kappa shape index (κ2) is 4.97. The molecule has 3 aliphatic rings. The van der Waals surface area contributed by atoms with Gasteiger partial charge in [-0.1, -0.05) is 0 Å². The lowest BCUT2D eigenvalue weighted by molar-refractivity contribution is -0.229. The zero-order chi connectivity index (χ0) is 19.9. The molecule has 10 nitrogen and oxygen atoms in total. The van der Waals surface area contributed by atoms with Crippen molar-refractivity contribution in [3.05, 3.63) is 23.3 Å². The molecule has 0 amide bonds. The van der Waals surface area contributed by atoms with Gasteiger partial charge >= 0.3 is 6.16 Å². The molecule has 5 atom stereocenters. The molecule has 27 heavy (non-hydrogen) atoms. The highest BCUT2D eigenvalue weighted by Gasteiger charge is 2.78. The Bertz CT molecular complexity index is 905. The number of ketones is 2. The van der Waals surface area contributed by atoms with Crippen LogP contribution in [-0.4, -0.2) is 74.3 Å². The fraction of sp³-hybridized carbons (Fsp3) is 0.471. The third-order valence-corrected chi connectivity index (χ3v) is 5.51. The van der Waals surface area contributed by atoms with Crippen LogP contribution in [0.15, 0.2) is 12.1 Å². The summed E-state index contributed by atoms with van der Waals surface area (Å²) in [6.45, 7) is 1.18. The summed E-state index contributed by atoms with van der Waals surface area (Å²) in [5.74, 6) is -2.98. The number of carbonyl (C=O) groups is 3. The lowest BCUT2D eigenvalue weighted by atomic mass is 9.55. The Balaban J connectivity index is 2.01. The van der Waals surface area contributed by atoms with Gasteiger partial charge in [0.05, 0.1) is 12.7 Å². The quantitative estimate of drug-likeness (QED) is 0.459. The fourth-order valence-corrected chi connectivity index (χ4v) is 4.23. The highest BCUT2D eigenvalue weighted by molar-refractivity contribution is 6.24. The third-order valence-electron chi connectivity index (χ3n) is 5.51. The minimum Gasteiger partial charge on any atom is -0.507 e. The summed E-state index contributed by atoms with van der Waals surface area (Å²) in [5.41, 5.74) is -8.69. The van der Waals surface area contributed by atoms with E-state index in [1.54, 1.807) is 0 Å². The van der Waals surface area contributed by atoms with Crippen LogP contribution in [0, 0.1) is 0 Å². The number of benzene rings is 1. The molecular weight excluding hydrogens is 364 g/mol. The lowest BCUT2D eigenvalue weighted by Crippen LogP contribution is -2.80. The van der Waals surface area contributed by atoms with Crippen molar-refractivity contribution in [2.45, 2.75) is 42.4 Å². The van der Waals surface area contributed by atoms with Crippen molar-refractivity contribution >= 4 is 17.7 Å². The summed E-state index contributed by atoms with van der Waals surface area (Å²) in [6, 6.07) is 2.19. The lowest BCUT2D eigenvalue weighted by Gasteiger charge is -2.54. The average molecular weight is 380 g/mol. The molecule has 1 heterocycles. The van der Waals surface area contributed by atoms with Crippen LogP contribution >= 0.6 is 0 Å². The summed E-state index contributed by atoms with van der Waals surface area (Å²) >= 11 is 0. The van der Waals surface area contributed by atoms with Gasteiger partial charge < -0.3 is 34.6 Å². The summed E-state index contributed by atoms with van der Waals surface area (Å²) < 4.78 is 14.7. The Morgan fingerprint density at radius 2 is 1.70 bits per heavy atom. The van der Waals surface area contributed by atoms with Gasteiger partial charge in [-0.15, -0.1) is 0 Å². The normalized spacial score (nSPS) is 39.8. The van der Waals surface area contributed by atoms with E-state index in [4.69, 9.17) is 14.2 Å². The molecule has 0 radical (unpaired) electrons. The van der Waals surface area contributed by atoms with E-state index in [0.717, 1.165) is 12.1 Å². The molecule has 1 aromatic carbocycles. The largest absolute Gasteiger partial charge is 0.509 e. The SMILES string of the molecule is COc1cc(O)c2c(c1)C(=O)[C@@]1(O)C[C@](C)(O)[C@H]3OC(=O)O[C@H]3[C@]1(O)C2=O. The highest BCUT2D eigenvalue weighted by atomic mass is 16.8. The molecule has 0 spiro atoms. The zero-order valence-corrected chi connectivity index (χ0v) is 14.3. The molecule has 144 valence electrons. The van der Waals surface area contributed by atoms with E-state index in [9.17, 15) is 34.8 Å². The second-order valence-corrected chi connectivity index (χ2v) is 7.21. The number of aromatic hydroxyl groups is 1. The van der Waals surface area contributed by atoms with Crippen LogP contribution in [0.4, 0.5) is 4.79 Å². The first kappa shape index (κ1) is 17.7. The second-order valence-electron chi connectivity index (χ2n) is 7.21. The van der Waals surface area contributed by atoms with Gasteiger partial charge in [-0.3, -0.25) is 9.59 Å². The van der Waals surface area contributed by atoms with E-state index < -0.39 is 64.5 Å². The first-order chi connectivity index (χ1) is 12.5. The maximum absolute atomic E-state index is 13.1. The van der Waals surface area contributed by atoms with Crippen LogP contribution in [0.5, 0.6) is 11.5 Å². The Morgan fingerprint density at radius 3 is 2.33 bits per heavy atom. The minimum atomic E-state index is -2.96. The Hall–Kier alpha value is -2.69. The number of hydrogen-bond donors (Lipinski definition) is 4. The standard InChI is InChI=1S/C17H16O10/c1-15(22)5-16(23)10(19)7-3-6(25-2)4-8(18)9(7)11(20)17(16,24)13-12(15)26-14(21)27-13/h3-4,12-13,18,22-24H,5H2,1-2H3/t12-,13+,15-,16-,17+/m0/s1. The number of phenolic OH excluding ortho intramolecular Hbond substituents is 1. The van der Waals surface area contributed by atoms with Gasteiger partial charge in [0.15, 0.2) is 23.6 Å². The first-order valence-corrected chi connectivity index (χ1v) is 8.02. The Kier molecular flexibility index (Phi) is 3.26. The number of ether oxygens (including phenoxy) is 3. The highest BCUT2D eigenvalue weighted by Crippen LogP contribution is 2.53. The predicted octanol–water partition coefficient (Wildman–Crippen LogP) is -0.699. The van der Waals surface area contributed by atoms with Crippen molar-refractivity contribution in [3.8, 4) is 11.5 Å². The van der Waals surface area contributed by atoms with Crippen molar-refractivity contribution < 1.29 is 49.0 Å². The van der Waals surface area contributed by atoms with Gasteiger partial charge in [-0.25, -0.2) is 4.79 Å². The van der Waals surface area contributed by atoms with Crippen molar-refractivity contribution in [2.24, 2.45) is 0 Å². The molecule has 0 aromatic heterocycles. The summed E-state index contributed by atoms with van der Waals surface area (Å²) in [5, 5.41) is 43.1. The van der Waals surface area contributed by atoms with Gasteiger partial charge in [-0.05, 0) is 13.0 Å². The van der Waals surface area contributed by atoms with Gasteiger partial charge in [0.2, 0.25) is 11.4 Å². The monoisotopic (exact) mass is 380 g/mol. The van der Waals surface area contributed by atoms with Crippen LogP contribution in [0.25, 0.3) is 0 Å². The first-order valence-electron chi connectivity index (χ1n) is 8.02. The minimum absolute atomic E-state index is 0.0394. The van der Waals surface area contributed by atoms with E-state index in [-0.39, 0.29) is 11.3 Å². The van der Waals surface area contributed by atoms with E-state index in [1.165, 1.54) is 14.0 Å². The van der Waals surface area contributed by atoms with Crippen LogP contribution in [-0.2, 0) is 9.47 Å². The smallest absolute Gasteiger partial charge is 0.507 e. The molecule has 10 heteroatoms. The molecule has 1 aromatic rings. The molecule has 4 N–H and O–H groups in total. The number of phenols is 1. The number of aliphatic hydroxyl groups is 3.